The summed E-state index contributed by atoms with van der Waals surface area (Å²) in [7, 11) is 0. The van der Waals surface area contributed by atoms with Gasteiger partial charge in [-0.3, -0.25) is 0 Å². The van der Waals surface area contributed by atoms with Gasteiger partial charge < -0.3 is 5.32 Å². The van der Waals surface area contributed by atoms with Crippen LogP contribution in [0.1, 0.15) is 43.7 Å². The van der Waals surface area contributed by atoms with E-state index in [9.17, 15) is 0 Å². The molecule has 0 bridgehead atoms. The van der Waals surface area contributed by atoms with Gasteiger partial charge in [-0.2, -0.15) is 0 Å². The Morgan fingerprint density at radius 2 is 2.15 bits per heavy atom. The van der Waals surface area contributed by atoms with E-state index < -0.39 is 0 Å². The molecule has 0 spiro atoms. The molecule has 1 heteroatoms. The molecule has 1 N–H and O–H groups in total. The number of nitrogens with one attached hydrogen (secondary N) is 1. The van der Waals surface area contributed by atoms with Crippen molar-refractivity contribution in [3.05, 3.63) is 29.3 Å². The minimum absolute atomic E-state index is 0.636. The molecule has 0 radical (unpaired) electrons. The van der Waals surface area contributed by atoms with Crippen LogP contribution in [0.3, 0.4) is 0 Å². The van der Waals surface area contributed by atoms with Crippen LogP contribution in [0.25, 0.3) is 0 Å². The summed E-state index contributed by atoms with van der Waals surface area (Å²) in [5.74, 6) is 1.31. The quantitative estimate of drug-likeness (QED) is 0.690. The number of hydrogen-bond acceptors (Lipinski definition) is 1. The van der Waals surface area contributed by atoms with Gasteiger partial charge in [-0.15, -0.1) is 0 Å². The van der Waals surface area contributed by atoms with Crippen molar-refractivity contribution in [1.82, 2.24) is 0 Å². The van der Waals surface area contributed by atoms with Gasteiger partial charge >= 0.3 is 0 Å². The third-order valence-corrected chi connectivity index (χ3v) is 2.85. The highest BCUT2D eigenvalue weighted by Crippen LogP contribution is 2.36. The third kappa shape index (κ3) is 1.32. The highest BCUT2D eigenvalue weighted by Gasteiger charge is 2.21. The molecule has 1 aromatic rings. The van der Waals surface area contributed by atoms with Crippen LogP contribution < -0.4 is 5.32 Å². The van der Waals surface area contributed by atoms with Gasteiger partial charge in [0.2, 0.25) is 0 Å². The van der Waals surface area contributed by atoms with Crippen molar-refractivity contribution in [2.45, 2.75) is 32.6 Å². The molecule has 1 aliphatic heterocycles. The summed E-state index contributed by atoms with van der Waals surface area (Å²) in [6.07, 6.45) is 0. The largest absolute Gasteiger partial charge is 0.384 e. The fraction of sp³-hybridized carbons (Fsp3) is 0.500. The van der Waals surface area contributed by atoms with E-state index in [1.165, 1.54) is 16.8 Å². The van der Waals surface area contributed by atoms with Crippen molar-refractivity contribution in [1.29, 1.82) is 0 Å². The van der Waals surface area contributed by atoms with E-state index in [4.69, 9.17) is 0 Å². The number of fused-ring (bicyclic) bond motifs is 1. The zero-order chi connectivity index (χ0) is 9.42. The van der Waals surface area contributed by atoms with Crippen LogP contribution >= 0.6 is 0 Å². The summed E-state index contributed by atoms with van der Waals surface area (Å²) >= 11 is 0. The smallest absolute Gasteiger partial charge is 0.0379 e. The molecule has 0 saturated heterocycles. The molecule has 0 fully saturated rings. The van der Waals surface area contributed by atoms with Crippen molar-refractivity contribution in [3.8, 4) is 0 Å². The maximum absolute atomic E-state index is 3.45. The van der Waals surface area contributed by atoms with Crippen LogP contribution in [0.4, 0.5) is 5.69 Å². The first-order chi connectivity index (χ1) is 6.20. The molecule has 1 aliphatic rings. The fourth-order valence-electron chi connectivity index (χ4n) is 2.16. The topological polar surface area (TPSA) is 12.0 Å². The second kappa shape index (κ2) is 3.06. The monoisotopic (exact) mass is 175 g/mol. The van der Waals surface area contributed by atoms with Crippen molar-refractivity contribution >= 4 is 5.69 Å². The Bertz CT molecular complexity index is 315. The van der Waals surface area contributed by atoms with Gasteiger partial charge in [-0.1, -0.05) is 32.9 Å². The molecule has 0 aliphatic carbocycles. The van der Waals surface area contributed by atoms with Gasteiger partial charge in [0.1, 0.15) is 0 Å². The summed E-state index contributed by atoms with van der Waals surface area (Å²) < 4.78 is 0. The molecular formula is C12H17N. The van der Waals surface area contributed by atoms with E-state index in [2.05, 4.69) is 44.3 Å². The molecule has 2 rings (SSSR count). The lowest BCUT2D eigenvalue weighted by Crippen LogP contribution is -1.99. The van der Waals surface area contributed by atoms with E-state index in [1.54, 1.807) is 0 Å². The van der Waals surface area contributed by atoms with Crippen molar-refractivity contribution in [2.75, 3.05) is 11.9 Å². The molecule has 1 aromatic carbocycles. The van der Waals surface area contributed by atoms with E-state index in [0.717, 1.165) is 6.54 Å². The summed E-state index contributed by atoms with van der Waals surface area (Å²) in [6, 6.07) is 6.59. The summed E-state index contributed by atoms with van der Waals surface area (Å²) in [4.78, 5) is 0. The minimum Gasteiger partial charge on any atom is -0.384 e. The summed E-state index contributed by atoms with van der Waals surface area (Å²) in [5.41, 5.74) is 4.39. The lowest BCUT2D eigenvalue weighted by atomic mass is 9.91. The van der Waals surface area contributed by atoms with Gasteiger partial charge in [-0.25, -0.2) is 0 Å². The lowest BCUT2D eigenvalue weighted by molar-refractivity contribution is 0.794. The zero-order valence-corrected chi connectivity index (χ0v) is 8.59. The van der Waals surface area contributed by atoms with Gasteiger partial charge in [0, 0.05) is 18.2 Å². The van der Waals surface area contributed by atoms with Gasteiger partial charge in [0.15, 0.2) is 0 Å². The first-order valence-electron chi connectivity index (χ1n) is 5.07. The second-order valence-corrected chi connectivity index (χ2v) is 4.25. The maximum Gasteiger partial charge on any atom is 0.0379 e. The summed E-state index contributed by atoms with van der Waals surface area (Å²) in [5, 5.41) is 3.45. The Kier molecular flexibility index (Phi) is 2.03. The van der Waals surface area contributed by atoms with Gasteiger partial charge in [-0.05, 0) is 23.1 Å². The standard InChI is InChI=1S/C12H17N/c1-8(2)10-5-4-6-11-12(10)9(3)7-13-11/h4-6,8-9,13H,7H2,1-3H3. The van der Waals surface area contributed by atoms with Crippen LogP contribution in [-0.4, -0.2) is 6.54 Å². The molecule has 70 valence electrons. The van der Waals surface area contributed by atoms with Crippen LogP contribution in [0.15, 0.2) is 18.2 Å². The number of hydrogen-bond donors (Lipinski definition) is 1. The molecule has 0 saturated carbocycles. The van der Waals surface area contributed by atoms with Crippen molar-refractivity contribution in [2.24, 2.45) is 0 Å². The fourth-order valence-corrected chi connectivity index (χ4v) is 2.16. The van der Waals surface area contributed by atoms with Crippen molar-refractivity contribution in [3.63, 3.8) is 0 Å². The predicted octanol–water partition coefficient (Wildman–Crippen LogP) is 3.34. The Hall–Kier alpha value is -0.980. The van der Waals surface area contributed by atoms with E-state index in [0.29, 0.717) is 11.8 Å². The Morgan fingerprint density at radius 1 is 1.38 bits per heavy atom. The minimum atomic E-state index is 0.636. The SMILES string of the molecule is CC(C)c1cccc2c1C(C)CN2. The zero-order valence-electron chi connectivity index (χ0n) is 8.59. The highest BCUT2D eigenvalue weighted by molar-refractivity contribution is 5.61. The van der Waals surface area contributed by atoms with Gasteiger partial charge in [0.05, 0.1) is 0 Å². The van der Waals surface area contributed by atoms with Gasteiger partial charge in [0.25, 0.3) is 0 Å². The number of anilines is 1. The molecular weight excluding hydrogens is 158 g/mol. The van der Waals surface area contributed by atoms with Crippen LogP contribution in [0.5, 0.6) is 0 Å². The molecule has 1 heterocycles. The Balaban J connectivity index is 2.53. The van der Waals surface area contributed by atoms with Crippen LogP contribution in [-0.2, 0) is 0 Å². The van der Waals surface area contributed by atoms with Crippen molar-refractivity contribution < 1.29 is 0 Å². The number of benzene rings is 1. The molecule has 1 nitrogen and oxygen atoms in total. The van der Waals surface area contributed by atoms with Crippen LogP contribution in [0.2, 0.25) is 0 Å². The summed E-state index contributed by atoms with van der Waals surface area (Å²) in [6.45, 7) is 7.92. The first-order valence-corrected chi connectivity index (χ1v) is 5.07. The second-order valence-electron chi connectivity index (χ2n) is 4.25. The average Bonchev–Trinajstić information content (AvgIpc) is 2.48. The van der Waals surface area contributed by atoms with E-state index in [1.807, 2.05) is 0 Å². The normalized spacial score (nSPS) is 20.2. The molecule has 0 aromatic heterocycles. The highest BCUT2D eigenvalue weighted by atomic mass is 14.9. The molecule has 13 heavy (non-hydrogen) atoms. The Morgan fingerprint density at radius 3 is 2.85 bits per heavy atom. The first kappa shape index (κ1) is 8.61. The molecule has 1 atom stereocenters. The molecule has 1 unspecified atom stereocenters. The third-order valence-electron chi connectivity index (χ3n) is 2.85. The molecule has 0 amide bonds. The lowest BCUT2D eigenvalue weighted by Gasteiger charge is -2.13. The predicted molar refractivity (Wildman–Crippen MR) is 57.4 cm³/mol. The maximum atomic E-state index is 3.45. The average molecular weight is 175 g/mol. The van der Waals surface area contributed by atoms with E-state index in [-0.39, 0.29) is 0 Å². The number of rotatable bonds is 1. The van der Waals surface area contributed by atoms with Crippen LogP contribution in [0, 0.1) is 0 Å². The Labute approximate surface area is 80.2 Å². The van der Waals surface area contributed by atoms with E-state index >= 15 is 0 Å².